The topological polar surface area (TPSA) is 87.6 Å². The molecular weight excluding hydrogens is 659 g/mol. The third kappa shape index (κ3) is 4.50. The lowest BCUT2D eigenvalue weighted by Gasteiger charge is -2.73. The fourth-order valence-electron chi connectivity index (χ4n) is 11.2. The van der Waals surface area contributed by atoms with Crippen molar-refractivity contribution < 1.29 is 14.0 Å². The summed E-state index contributed by atoms with van der Waals surface area (Å²) in [5.74, 6) is 0.336. The van der Waals surface area contributed by atoms with Crippen LogP contribution < -0.4 is 11.4 Å². The van der Waals surface area contributed by atoms with Crippen molar-refractivity contribution in [2.45, 2.75) is 153 Å². The Kier molecular flexibility index (Phi) is 8.02. The molecule has 6 aliphatic rings. The van der Waals surface area contributed by atoms with E-state index in [1.165, 1.54) is 4.57 Å². The quantitative estimate of drug-likeness (QED) is 0.243. The van der Waals surface area contributed by atoms with Gasteiger partial charge in [0.25, 0.3) is 0 Å². The van der Waals surface area contributed by atoms with E-state index in [0.717, 1.165) is 32.1 Å². The maximum absolute atomic E-state index is 15.2. The molecule has 10 heteroatoms. The summed E-state index contributed by atoms with van der Waals surface area (Å²) >= 11 is 0. The number of benzene rings is 1. The number of hydrogen-bond donors (Lipinski definition) is 1. The number of aliphatic hydroxyl groups is 1. The molecule has 0 unspecified atom stereocenters. The highest BCUT2D eigenvalue weighted by Gasteiger charge is 2.77. The fraction of sp³-hybridized carbons (Fsp3) is 0.750. The predicted octanol–water partition coefficient (Wildman–Crippen LogP) is 7.79. The molecule has 3 heterocycles. The van der Waals surface area contributed by atoms with Crippen LogP contribution in [0.4, 0.5) is 0 Å². The summed E-state index contributed by atoms with van der Waals surface area (Å²) in [4.78, 5) is 30.4. The molecule has 3 fully saturated rings. The Balaban J connectivity index is 1.54. The van der Waals surface area contributed by atoms with Crippen molar-refractivity contribution in [3.63, 3.8) is 0 Å². The van der Waals surface area contributed by atoms with Gasteiger partial charge in [0.05, 0.1) is 29.0 Å². The van der Waals surface area contributed by atoms with Crippen LogP contribution in [0.1, 0.15) is 93.9 Å². The van der Waals surface area contributed by atoms with Gasteiger partial charge in [-0.15, -0.1) is 0 Å². The third-order valence-electron chi connectivity index (χ3n) is 16.0. The Morgan fingerprint density at radius 1 is 0.820 bits per heavy atom. The highest BCUT2D eigenvalue weighted by Crippen LogP contribution is 2.74. The monoisotopic (exact) mass is 721 g/mol. The van der Waals surface area contributed by atoms with Crippen LogP contribution in [0, 0.1) is 28.6 Å². The summed E-state index contributed by atoms with van der Waals surface area (Å²) in [6.07, 6.45) is 9.54. The van der Waals surface area contributed by atoms with Crippen molar-refractivity contribution in [2.75, 3.05) is 6.61 Å². The van der Waals surface area contributed by atoms with Crippen LogP contribution in [-0.4, -0.2) is 54.5 Å². The number of aromatic nitrogens is 3. The Morgan fingerprint density at radius 3 is 2.02 bits per heavy atom. The van der Waals surface area contributed by atoms with Crippen LogP contribution in [-0.2, 0) is 19.9 Å². The highest BCUT2D eigenvalue weighted by molar-refractivity contribution is 6.74. The van der Waals surface area contributed by atoms with Gasteiger partial charge < -0.3 is 14.0 Å². The largest absolute Gasteiger partial charge is 0.414 e. The van der Waals surface area contributed by atoms with Gasteiger partial charge >= 0.3 is 11.4 Å². The standard InChI is InChI=1S/C40H63N3O5Si2/c1-35(2,3)49(9,10)47-29-24-32(48-50(11,12)36(4,5)6)38(8)31-20-21-37(7)27(26-44)18-19-30(37)40(31)23-22-39(38,25-29)42-33(45)41(34(46)43(40)42)28-16-14-13-15-17-28/h13-17,22-23,27,29-32,44H,18-21,24-26H2,1-12H3/t27-,29+,30-,31-,32+,37-,38+,39-,40+/m1/s1. The Labute approximate surface area is 301 Å². The van der Waals surface area contributed by atoms with Crippen molar-refractivity contribution in [1.29, 1.82) is 0 Å². The van der Waals surface area contributed by atoms with Crippen molar-refractivity contribution in [3.05, 3.63) is 63.5 Å². The molecule has 4 aliphatic carbocycles. The average Bonchev–Trinajstić information content (AvgIpc) is 3.50. The molecule has 1 N–H and O–H groups in total. The first-order chi connectivity index (χ1) is 23.0. The Morgan fingerprint density at radius 2 is 1.42 bits per heavy atom. The summed E-state index contributed by atoms with van der Waals surface area (Å²) in [6.45, 7) is 28.0. The van der Waals surface area contributed by atoms with E-state index in [1.807, 2.05) is 39.7 Å². The first kappa shape index (κ1) is 36.4. The van der Waals surface area contributed by atoms with Crippen LogP contribution >= 0.6 is 0 Å². The minimum absolute atomic E-state index is 0.00846. The van der Waals surface area contributed by atoms with Crippen molar-refractivity contribution in [3.8, 4) is 5.69 Å². The maximum Gasteiger partial charge on any atom is 0.352 e. The summed E-state index contributed by atoms with van der Waals surface area (Å²) in [5, 5.41) is 10.7. The van der Waals surface area contributed by atoms with Crippen LogP contribution in [0.3, 0.4) is 0 Å². The molecule has 1 aromatic heterocycles. The van der Waals surface area contributed by atoms with Crippen LogP contribution in [0.5, 0.6) is 0 Å². The smallest absolute Gasteiger partial charge is 0.352 e. The van der Waals surface area contributed by atoms with Gasteiger partial charge in [-0.2, -0.15) is 0 Å². The van der Waals surface area contributed by atoms with Crippen molar-refractivity contribution in [2.24, 2.45) is 28.6 Å². The van der Waals surface area contributed by atoms with Crippen molar-refractivity contribution in [1.82, 2.24) is 13.9 Å². The Bertz CT molecular complexity index is 1810. The molecule has 0 radical (unpaired) electrons. The van der Waals surface area contributed by atoms with E-state index in [0.29, 0.717) is 12.1 Å². The van der Waals surface area contributed by atoms with Gasteiger partial charge in [0, 0.05) is 18.4 Å². The SMILES string of the molecule is CC(C)(C)[Si](C)(C)O[C@H]1C[C@H](O[Si](C)(C)C(C)(C)C)[C@]2(C)[C@H]3CC[C@]4(C)[C@@H](CO)CC[C@H]4[C@@]34C=C[C@]2(C1)n1c(=O)n(-c2ccccc2)c(=O)n14. The Hall–Kier alpha value is -1.99. The van der Waals surface area contributed by atoms with E-state index in [-0.39, 0.29) is 63.4 Å². The predicted molar refractivity (Wildman–Crippen MR) is 205 cm³/mol. The van der Waals surface area contributed by atoms with Gasteiger partial charge in [-0.1, -0.05) is 85.7 Å². The molecule has 1 aromatic carbocycles. The second-order valence-corrected chi connectivity index (χ2v) is 29.7. The molecule has 50 heavy (non-hydrogen) atoms. The van der Waals surface area contributed by atoms with Gasteiger partial charge in [-0.25, -0.2) is 23.5 Å². The highest BCUT2D eigenvalue weighted by atomic mass is 28.4. The average molecular weight is 722 g/mol. The molecule has 0 amide bonds. The lowest BCUT2D eigenvalue weighted by molar-refractivity contribution is -0.233. The number of aliphatic hydroxyl groups excluding tert-OH is 1. The van der Waals surface area contributed by atoms with Crippen LogP contribution in [0.25, 0.3) is 5.69 Å². The molecule has 3 saturated carbocycles. The van der Waals surface area contributed by atoms with Crippen molar-refractivity contribution >= 4 is 16.6 Å². The van der Waals surface area contributed by atoms with E-state index < -0.39 is 33.1 Å². The molecular formula is C40H63N3O5Si2. The molecule has 276 valence electrons. The molecule has 0 saturated heterocycles. The zero-order valence-electron chi connectivity index (χ0n) is 32.8. The molecule has 8 nitrogen and oxygen atoms in total. The van der Waals surface area contributed by atoms with Crippen LogP contribution in [0.2, 0.25) is 36.3 Å². The van der Waals surface area contributed by atoms with E-state index in [4.69, 9.17) is 8.85 Å². The minimum atomic E-state index is -2.31. The zero-order chi connectivity index (χ0) is 36.7. The number of hydrogen-bond acceptors (Lipinski definition) is 5. The molecule has 2 aliphatic heterocycles. The first-order valence-electron chi connectivity index (χ1n) is 19.2. The minimum Gasteiger partial charge on any atom is -0.414 e. The van der Waals surface area contributed by atoms with Crippen LogP contribution in [0.15, 0.2) is 52.1 Å². The van der Waals surface area contributed by atoms with E-state index in [9.17, 15) is 5.11 Å². The summed E-state index contributed by atoms with van der Waals surface area (Å²) in [5.41, 5.74) is -2.12. The van der Waals surface area contributed by atoms with E-state index in [2.05, 4.69) is 93.7 Å². The molecule has 2 spiro atoms. The number of para-hydroxylation sites is 1. The van der Waals surface area contributed by atoms with Gasteiger partial charge in [-0.3, -0.25) is 0 Å². The maximum atomic E-state index is 15.2. The molecule has 2 aromatic rings. The van der Waals surface area contributed by atoms with Gasteiger partial charge in [0.15, 0.2) is 16.6 Å². The zero-order valence-corrected chi connectivity index (χ0v) is 34.8. The van der Waals surface area contributed by atoms with Gasteiger partial charge in [-0.05, 0) is 104 Å². The lowest BCUT2D eigenvalue weighted by Crippen LogP contribution is -2.80. The second kappa shape index (κ2) is 11.0. The van der Waals surface area contributed by atoms with E-state index >= 15 is 9.59 Å². The number of nitrogens with zero attached hydrogens (tertiary/aromatic N) is 3. The summed E-state index contributed by atoms with van der Waals surface area (Å²) in [6, 6.07) is 9.45. The number of fused-ring (bicyclic) bond motifs is 1. The molecule has 8 rings (SSSR count). The normalized spacial score (nSPS) is 38.1. The lowest BCUT2D eigenvalue weighted by atomic mass is 9.40. The number of allylic oxidation sites excluding steroid dienone is 2. The summed E-state index contributed by atoms with van der Waals surface area (Å²) in [7, 11) is -4.54. The number of rotatable bonds is 6. The molecule has 2 bridgehead atoms. The molecule has 9 atom stereocenters. The van der Waals surface area contributed by atoms with Gasteiger partial charge in [0.1, 0.15) is 0 Å². The first-order valence-corrected chi connectivity index (χ1v) is 25.1. The van der Waals surface area contributed by atoms with E-state index in [1.54, 1.807) is 0 Å². The van der Waals surface area contributed by atoms with Gasteiger partial charge in [0.2, 0.25) is 0 Å². The fourth-order valence-corrected chi connectivity index (χ4v) is 14.0. The third-order valence-corrected chi connectivity index (χ3v) is 25.0. The summed E-state index contributed by atoms with van der Waals surface area (Å²) < 4.78 is 20.3. The second-order valence-electron chi connectivity index (χ2n) is 20.2.